The first-order valence-electron chi connectivity index (χ1n) is 7.80. The normalized spacial score (nSPS) is 18.6. The van der Waals surface area contributed by atoms with E-state index in [2.05, 4.69) is 5.32 Å². The topological polar surface area (TPSA) is 38.3 Å². The zero-order valence-electron chi connectivity index (χ0n) is 12.6. The molecule has 1 saturated carbocycles. The van der Waals surface area contributed by atoms with Crippen LogP contribution >= 0.6 is 0 Å². The van der Waals surface area contributed by atoms with Gasteiger partial charge in [0.25, 0.3) is 0 Å². The van der Waals surface area contributed by atoms with Crippen LogP contribution in [0.1, 0.15) is 56.6 Å². The summed E-state index contributed by atoms with van der Waals surface area (Å²) in [6, 6.07) is 5.86. The van der Waals surface area contributed by atoms with Gasteiger partial charge in [0, 0.05) is 6.04 Å². The third-order valence-electron chi connectivity index (χ3n) is 4.15. The number of methoxy groups -OCH3 is 1. The van der Waals surface area contributed by atoms with E-state index in [1.54, 1.807) is 12.1 Å². The molecule has 21 heavy (non-hydrogen) atoms. The number of rotatable bonds is 4. The lowest BCUT2D eigenvalue weighted by atomic mass is 9.95. The predicted octanol–water partition coefficient (Wildman–Crippen LogP) is 3.74. The SMILES string of the molecule is COC(=O)C(NC1CCCCCCC1)c1ccc(F)cc1. The van der Waals surface area contributed by atoms with Crippen molar-refractivity contribution in [1.82, 2.24) is 5.32 Å². The molecule has 4 heteroatoms. The molecule has 0 aliphatic heterocycles. The van der Waals surface area contributed by atoms with Gasteiger partial charge in [-0.2, -0.15) is 0 Å². The van der Waals surface area contributed by atoms with Crippen molar-refractivity contribution in [3.05, 3.63) is 35.6 Å². The van der Waals surface area contributed by atoms with Crippen LogP contribution < -0.4 is 5.32 Å². The van der Waals surface area contributed by atoms with Gasteiger partial charge >= 0.3 is 5.97 Å². The molecule has 0 aromatic heterocycles. The molecule has 2 rings (SSSR count). The van der Waals surface area contributed by atoms with Gasteiger partial charge in [0.2, 0.25) is 0 Å². The molecule has 1 aromatic carbocycles. The first-order valence-corrected chi connectivity index (χ1v) is 7.80. The maximum atomic E-state index is 13.1. The maximum Gasteiger partial charge on any atom is 0.327 e. The highest BCUT2D eigenvalue weighted by Crippen LogP contribution is 2.22. The smallest absolute Gasteiger partial charge is 0.327 e. The van der Waals surface area contributed by atoms with Crippen LogP contribution in [0, 0.1) is 5.82 Å². The van der Waals surface area contributed by atoms with Gasteiger partial charge in [0.1, 0.15) is 11.9 Å². The number of benzene rings is 1. The van der Waals surface area contributed by atoms with Crippen LogP contribution in [0.2, 0.25) is 0 Å². The van der Waals surface area contributed by atoms with Gasteiger partial charge < -0.3 is 4.74 Å². The van der Waals surface area contributed by atoms with Gasteiger partial charge in [-0.1, -0.05) is 44.2 Å². The van der Waals surface area contributed by atoms with Crippen molar-refractivity contribution in [2.45, 2.75) is 57.0 Å². The number of nitrogens with one attached hydrogen (secondary N) is 1. The van der Waals surface area contributed by atoms with Crippen molar-refractivity contribution in [1.29, 1.82) is 0 Å². The molecule has 1 aliphatic carbocycles. The van der Waals surface area contributed by atoms with Crippen molar-refractivity contribution >= 4 is 5.97 Å². The summed E-state index contributed by atoms with van der Waals surface area (Å²) in [4.78, 5) is 12.0. The Balaban J connectivity index is 2.08. The van der Waals surface area contributed by atoms with Crippen molar-refractivity contribution in [3.63, 3.8) is 0 Å². The Labute approximate surface area is 125 Å². The fourth-order valence-electron chi connectivity index (χ4n) is 2.93. The summed E-state index contributed by atoms with van der Waals surface area (Å²) in [6.45, 7) is 0. The van der Waals surface area contributed by atoms with Crippen molar-refractivity contribution < 1.29 is 13.9 Å². The fourth-order valence-corrected chi connectivity index (χ4v) is 2.93. The molecule has 3 nitrogen and oxygen atoms in total. The van der Waals surface area contributed by atoms with Gasteiger partial charge in [0.05, 0.1) is 7.11 Å². The minimum atomic E-state index is -0.514. The van der Waals surface area contributed by atoms with E-state index >= 15 is 0 Å². The van der Waals surface area contributed by atoms with Crippen LogP contribution in [-0.2, 0) is 9.53 Å². The Kier molecular flexibility index (Phi) is 6.18. The van der Waals surface area contributed by atoms with Crippen LogP contribution in [0.5, 0.6) is 0 Å². The second-order valence-corrected chi connectivity index (χ2v) is 5.72. The van der Waals surface area contributed by atoms with Crippen LogP contribution in [0.4, 0.5) is 4.39 Å². The molecule has 1 fully saturated rings. The average Bonchev–Trinajstić information content (AvgIpc) is 2.47. The zero-order chi connectivity index (χ0) is 15.1. The number of esters is 1. The Morgan fingerprint density at radius 3 is 2.29 bits per heavy atom. The molecule has 0 saturated heterocycles. The molecular formula is C17H24FNO2. The molecule has 1 aliphatic rings. The maximum absolute atomic E-state index is 13.1. The van der Waals surface area contributed by atoms with E-state index in [0.29, 0.717) is 6.04 Å². The molecular weight excluding hydrogens is 269 g/mol. The molecule has 0 bridgehead atoms. The lowest BCUT2D eigenvalue weighted by molar-refractivity contribution is -0.143. The van der Waals surface area contributed by atoms with Gasteiger partial charge in [-0.15, -0.1) is 0 Å². The third kappa shape index (κ3) is 4.81. The van der Waals surface area contributed by atoms with Gasteiger partial charge in [-0.05, 0) is 30.5 Å². The summed E-state index contributed by atoms with van der Waals surface area (Å²) in [7, 11) is 1.39. The molecule has 1 unspecified atom stereocenters. The van der Waals surface area contributed by atoms with E-state index in [9.17, 15) is 9.18 Å². The molecule has 1 atom stereocenters. The molecule has 0 radical (unpaired) electrons. The first kappa shape index (κ1) is 16.0. The van der Waals surface area contributed by atoms with Crippen molar-refractivity contribution in [3.8, 4) is 0 Å². The summed E-state index contributed by atoms with van der Waals surface area (Å²) >= 11 is 0. The number of ether oxygens (including phenoxy) is 1. The fraction of sp³-hybridized carbons (Fsp3) is 0.588. The Hall–Kier alpha value is -1.42. The van der Waals surface area contributed by atoms with E-state index < -0.39 is 6.04 Å². The highest BCUT2D eigenvalue weighted by atomic mass is 19.1. The number of halogens is 1. The van der Waals surface area contributed by atoms with Crippen molar-refractivity contribution in [2.75, 3.05) is 7.11 Å². The molecule has 0 heterocycles. The van der Waals surface area contributed by atoms with Gasteiger partial charge in [0.15, 0.2) is 0 Å². The van der Waals surface area contributed by atoms with E-state index in [1.807, 2.05) is 0 Å². The van der Waals surface area contributed by atoms with E-state index in [-0.39, 0.29) is 11.8 Å². The average molecular weight is 293 g/mol. The largest absolute Gasteiger partial charge is 0.468 e. The summed E-state index contributed by atoms with van der Waals surface area (Å²) in [5.74, 6) is -0.614. The number of hydrogen-bond donors (Lipinski definition) is 1. The molecule has 0 amide bonds. The number of carbonyl (C=O) groups is 1. The first-order chi connectivity index (χ1) is 10.2. The zero-order valence-corrected chi connectivity index (χ0v) is 12.6. The van der Waals surface area contributed by atoms with Crippen LogP contribution in [0.15, 0.2) is 24.3 Å². The Morgan fingerprint density at radius 1 is 1.14 bits per heavy atom. The quantitative estimate of drug-likeness (QED) is 0.859. The molecule has 0 spiro atoms. The summed E-state index contributed by atoms with van der Waals surface area (Å²) in [5, 5.41) is 3.41. The van der Waals surface area contributed by atoms with Crippen molar-refractivity contribution in [2.24, 2.45) is 0 Å². The Morgan fingerprint density at radius 2 is 1.71 bits per heavy atom. The highest BCUT2D eigenvalue weighted by molar-refractivity contribution is 5.77. The Bertz CT molecular complexity index is 439. The van der Waals surface area contributed by atoms with Gasteiger partial charge in [-0.3, -0.25) is 5.32 Å². The highest BCUT2D eigenvalue weighted by Gasteiger charge is 2.24. The van der Waals surface area contributed by atoms with Crippen LogP contribution in [0.25, 0.3) is 0 Å². The third-order valence-corrected chi connectivity index (χ3v) is 4.15. The second kappa shape index (κ2) is 8.13. The van der Waals surface area contributed by atoms with E-state index in [1.165, 1.54) is 51.3 Å². The molecule has 1 N–H and O–H groups in total. The molecule has 116 valence electrons. The van der Waals surface area contributed by atoms with Crippen LogP contribution in [0.3, 0.4) is 0 Å². The number of hydrogen-bond acceptors (Lipinski definition) is 3. The lowest BCUT2D eigenvalue weighted by Crippen LogP contribution is -2.38. The number of carbonyl (C=O) groups excluding carboxylic acids is 1. The van der Waals surface area contributed by atoms with Crippen LogP contribution in [-0.4, -0.2) is 19.1 Å². The minimum absolute atomic E-state index is 0.298. The van der Waals surface area contributed by atoms with E-state index in [4.69, 9.17) is 4.74 Å². The standard InChI is InChI=1S/C17H24FNO2/c1-21-17(20)16(13-9-11-14(18)12-10-13)19-15-7-5-3-2-4-6-8-15/h9-12,15-16,19H,2-8H2,1H3. The van der Waals surface area contributed by atoms with E-state index in [0.717, 1.165) is 18.4 Å². The lowest BCUT2D eigenvalue weighted by Gasteiger charge is -2.26. The summed E-state index contributed by atoms with van der Waals surface area (Å²) in [5.41, 5.74) is 0.755. The molecule has 1 aromatic rings. The summed E-state index contributed by atoms with van der Waals surface area (Å²) in [6.07, 6.45) is 8.37. The van der Waals surface area contributed by atoms with Gasteiger partial charge in [-0.25, -0.2) is 9.18 Å². The minimum Gasteiger partial charge on any atom is -0.468 e. The summed E-state index contributed by atoms with van der Waals surface area (Å²) < 4.78 is 18.0. The predicted molar refractivity (Wildman–Crippen MR) is 80.4 cm³/mol. The second-order valence-electron chi connectivity index (χ2n) is 5.72. The monoisotopic (exact) mass is 293 g/mol.